The summed E-state index contributed by atoms with van der Waals surface area (Å²) in [7, 11) is 1.37. The van der Waals surface area contributed by atoms with Crippen molar-refractivity contribution in [1.29, 1.82) is 0 Å². The SMILES string of the molecule is COC(=O)/C=C1\CC2CC(=O)OC(/C=C/C=C\C=C(/C)Cc3nn[nH]n3)C(C)/C=C/C(C)CC3CCCC(CC(C1)O2)O3. The number of rotatable bonds is 6. The van der Waals surface area contributed by atoms with Gasteiger partial charge in [0.1, 0.15) is 6.10 Å². The van der Waals surface area contributed by atoms with E-state index in [2.05, 4.69) is 46.6 Å². The molecule has 1 aromatic rings. The fraction of sp³-hybridized carbons (Fsp3) is 0.606. The summed E-state index contributed by atoms with van der Waals surface area (Å²) in [6.45, 7) is 6.27. The Labute approximate surface area is 254 Å². The third kappa shape index (κ3) is 11.0. The van der Waals surface area contributed by atoms with Crippen LogP contribution in [-0.2, 0) is 35.0 Å². The lowest BCUT2D eigenvalue weighted by molar-refractivity contribution is -0.154. The maximum absolute atomic E-state index is 13.2. The zero-order chi connectivity index (χ0) is 30.6. The van der Waals surface area contributed by atoms with E-state index >= 15 is 0 Å². The summed E-state index contributed by atoms with van der Waals surface area (Å²) in [4.78, 5) is 25.3. The van der Waals surface area contributed by atoms with Crippen molar-refractivity contribution in [2.75, 3.05) is 7.11 Å². The van der Waals surface area contributed by atoms with Crippen LogP contribution in [0, 0.1) is 11.8 Å². The molecule has 43 heavy (non-hydrogen) atoms. The molecule has 7 atom stereocenters. The van der Waals surface area contributed by atoms with E-state index in [4.69, 9.17) is 18.9 Å². The fourth-order valence-electron chi connectivity index (χ4n) is 5.96. The summed E-state index contributed by atoms with van der Waals surface area (Å²) in [5, 5.41) is 14.0. The molecule has 2 fully saturated rings. The third-order valence-electron chi connectivity index (χ3n) is 8.14. The van der Waals surface area contributed by atoms with Crippen molar-refractivity contribution < 1.29 is 28.5 Å². The van der Waals surface area contributed by atoms with Crippen molar-refractivity contribution in [3.63, 3.8) is 0 Å². The smallest absolute Gasteiger partial charge is 0.330 e. The van der Waals surface area contributed by atoms with Crippen LogP contribution in [0.3, 0.4) is 0 Å². The van der Waals surface area contributed by atoms with Crippen LogP contribution in [0.25, 0.3) is 0 Å². The van der Waals surface area contributed by atoms with Gasteiger partial charge in [-0.1, -0.05) is 66.7 Å². The predicted octanol–water partition coefficient (Wildman–Crippen LogP) is 5.31. The number of hydrogen-bond acceptors (Lipinski definition) is 9. The molecular weight excluding hydrogens is 548 g/mol. The summed E-state index contributed by atoms with van der Waals surface area (Å²) >= 11 is 0. The standard InChI is InChI=1S/C33H46N4O6/c1-22(16-31-34-36-37-35-31)9-6-5-7-12-30-24(3)14-13-23(2)15-26-10-8-11-27(41-26)20-28-17-25(19-32(38)40-4)18-29(42-28)21-33(39)43-30/h5-7,9,12-14,19,23-24,26-30H,8,10-11,15-18,20-21H2,1-4H3,(H,34,35,36,37)/b6-5-,12-7+,14-13+,22-9+,25-19-. The number of nitrogens with zero attached hydrogens (tertiary/aromatic N) is 3. The molecule has 0 aliphatic carbocycles. The van der Waals surface area contributed by atoms with E-state index in [0.717, 1.165) is 43.3 Å². The van der Waals surface area contributed by atoms with Crippen LogP contribution >= 0.6 is 0 Å². The van der Waals surface area contributed by atoms with Gasteiger partial charge in [-0.15, -0.1) is 10.2 Å². The Morgan fingerprint density at radius 2 is 1.79 bits per heavy atom. The number of H-pyrrole nitrogens is 1. The van der Waals surface area contributed by atoms with Gasteiger partial charge in [0.25, 0.3) is 0 Å². The number of nitrogens with one attached hydrogen (secondary N) is 1. The monoisotopic (exact) mass is 594 g/mol. The molecule has 3 aliphatic rings. The Bertz CT molecular complexity index is 1200. The van der Waals surface area contributed by atoms with Gasteiger partial charge in [0.05, 0.1) is 37.9 Å². The fourth-order valence-corrected chi connectivity index (χ4v) is 5.96. The van der Waals surface area contributed by atoms with E-state index in [1.165, 1.54) is 7.11 Å². The van der Waals surface area contributed by atoms with Gasteiger partial charge >= 0.3 is 11.9 Å². The average molecular weight is 595 g/mol. The van der Waals surface area contributed by atoms with Crippen LogP contribution < -0.4 is 0 Å². The molecule has 234 valence electrons. The minimum absolute atomic E-state index is 0.0331. The number of esters is 2. The molecule has 0 radical (unpaired) electrons. The maximum atomic E-state index is 13.2. The first-order valence-corrected chi connectivity index (χ1v) is 15.5. The van der Waals surface area contributed by atoms with Crippen molar-refractivity contribution in [3.8, 4) is 0 Å². The zero-order valence-corrected chi connectivity index (χ0v) is 25.8. The van der Waals surface area contributed by atoms with E-state index in [0.29, 0.717) is 31.0 Å². The number of allylic oxidation sites excluding steroid dienone is 6. The molecule has 4 heterocycles. The van der Waals surface area contributed by atoms with E-state index in [9.17, 15) is 9.59 Å². The van der Waals surface area contributed by atoms with Gasteiger partial charge in [-0.05, 0) is 57.4 Å². The molecule has 10 nitrogen and oxygen atoms in total. The molecule has 3 aliphatic heterocycles. The lowest BCUT2D eigenvalue weighted by atomic mass is 9.89. The Balaban J connectivity index is 1.49. The van der Waals surface area contributed by atoms with Crippen LogP contribution in [0.15, 0.2) is 59.8 Å². The molecule has 0 spiro atoms. The Morgan fingerprint density at radius 3 is 2.56 bits per heavy atom. The highest BCUT2D eigenvalue weighted by Gasteiger charge is 2.33. The Hall–Kier alpha value is -3.37. The van der Waals surface area contributed by atoms with Crippen LogP contribution in [-0.4, -0.2) is 70.2 Å². The molecule has 4 bridgehead atoms. The van der Waals surface area contributed by atoms with E-state index in [1.54, 1.807) is 6.08 Å². The van der Waals surface area contributed by atoms with Crippen LogP contribution in [0.2, 0.25) is 0 Å². The van der Waals surface area contributed by atoms with Gasteiger partial charge in [0, 0.05) is 24.8 Å². The lowest BCUT2D eigenvalue weighted by Crippen LogP contribution is -2.37. The van der Waals surface area contributed by atoms with Crippen molar-refractivity contribution in [1.82, 2.24) is 20.6 Å². The van der Waals surface area contributed by atoms with Gasteiger partial charge in [-0.25, -0.2) is 4.79 Å². The van der Waals surface area contributed by atoms with E-state index in [-0.39, 0.29) is 48.7 Å². The molecule has 2 saturated heterocycles. The highest BCUT2D eigenvalue weighted by molar-refractivity contribution is 5.82. The van der Waals surface area contributed by atoms with Crippen LogP contribution in [0.4, 0.5) is 0 Å². The second kappa shape index (κ2) is 16.5. The second-order valence-electron chi connectivity index (χ2n) is 12.1. The minimum Gasteiger partial charge on any atom is -0.466 e. The zero-order valence-electron chi connectivity index (χ0n) is 25.8. The molecule has 4 rings (SSSR count). The predicted molar refractivity (Wildman–Crippen MR) is 162 cm³/mol. The van der Waals surface area contributed by atoms with Gasteiger partial charge in [-0.3, -0.25) is 4.79 Å². The lowest BCUT2D eigenvalue weighted by Gasteiger charge is -2.37. The Morgan fingerprint density at radius 1 is 1.02 bits per heavy atom. The number of aromatic amines is 1. The number of carbonyl (C=O) groups excluding carboxylic acids is 2. The number of tetrazole rings is 1. The summed E-state index contributed by atoms with van der Waals surface area (Å²) in [5.41, 5.74) is 2.02. The summed E-state index contributed by atoms with van der Waals surface area (Å²) in [6, 6.07) is 0. The summed E-state index contributed by atoms with van der Waals surface area (Å²) < 4.78 is 23.8. The largest absolute Gasteiger partial charge is 0.466 e. The average Bonchev–Trinajstić information content (AvgIpc) is 3.47. The number of cyclic esters (lactones) is 1. The maximum Gasteiger partial charge on any atom is 0.330 e. The number of carbonyl (C=O) groups is 2. The molecule has 1 N–H and O–H groups in total. The Kier molecular flexibility index (Phi) is 12.5. The first-order chi connectivity index (χ1) is 20.8. The summed E-state index contributed by atoms with van der Waals surface area (Å²) in [6.07, 6.45) is 21.6. The van der Waals surface area contributed by atoms with Gasteiger partial charge in [0.15, 0.2) is 5.82 Å². The van der Waals surface area contributed by atoms with Crippen LogP contribution in [0.5, 0.6) is 0 Å². The quantitative estimate of drug-likeness (QED) is 0.202. The van der Waals surface area contributed by atoms with Crippen molar-refractivity contribution in [2.24, 2.45) is 11.8 Å². The number of hydrogen-bond donors (Lipinski definition) is 1. The van der Waals surface area contributed by atoms with Gasteiger partial charge in [-0.2, -0.15) is 5.21 Å². The van der Waals surface area contributed by atoms with Crippen molar-refractivity contribution in [3.05, 3.63) is 65.6 Å². The molecule has 0 aromatic carbocycles. The molecular formula is C33H46N4O6. The molecule has 0 saturated carbocycles. The molecule has 10 heteroatoms. The number of methoxy groups -OCH3 is 1. The topological polar surface area (TPSA) is 126 Å². The number of fused-ring (bicyclic) bond motifs is 4. The molecule has 7 unspecified atom stereocenters. The number of aromatic nitrogens is 4. The van der Waals surface area contributed by atoms with E-state index in [1.807, 2.05) is 37.3 Å². The van der Waals surface area contributed by atoms with Crippen molar-refractivity contribution >= 4 is 11.9 Å². The van der Waals surface area contributed by atoms with E-state index < -0.39 is 6.10 Å². The third-order valence-corrected chi connectivity index (χ3v) is 8.14. The number of ether oxygens (including phenoxy) is 4. The molecule has 0 amide bonds. The van der Waals surface area contributed by atoms with Crippen LogP contribution in [0.1, 0.15) is 78.0 Å². The minimum atomic E-state index is -0.447. The highest BCUT2D eigenvalue weighted by Crippen LogP contribution is 2.33. The van der Waals surface area contributed by atoms with Gasteiger partial charge < -0.3 is 18.9 Å². The first-order valence-electron chi connectivity index (χ1n) is 15.5. The second-order valence-corrected chi connectivity index (χ2v) is 12.1. The van der Waals surface area contributed by atoms with Gasteiger partial charge in [0.2, 0.25) is 0 Å². The highest BCUT2D eigenvalue weighted by atomic mass is 16.6. The first kappa shape index (κ1) is 32.5. The normalized spacial score (nSPS) is 33.0. The summed E-state index contributed by atoms with van der Waals surface area (Å²) in [5.74, 6) is 0.222. The molecule has 1 aromatic heterocycles. The van der Waals surface area contributed by atoms with Crippen molar-refractivity contribution in [2.45, 2.75) is 109 Å².